The number of hydrogen-bond acceptors (Lipinski definition) is 4. The number of halogens is 1. The first-order chi connectivity index (χ1) is 13.4. The molecule has 2 amide bonds. The van der Waals surface area contributed by atoms with Gasteiger partial charge in [0.2, 0.25) is 5.91 Å². The zero-order chi connectivity index (χ0) is 21.6. The molecule has 1 saturated heterocycles. The van der Waals surface area contributed by atoms with Crippen molar-refractivity contribution in [2.45, 2.75) is 51.6 Å². The number of ether oxygens (including phenoxy) is 1. The smallest absolute Gasteiger partial charge is 0.410 e. The Hall–Kier alpha value is -2.06. The molecule has 0 aliphatic carbocycles. The van der Waals surface area contributed by atoms with Gasteiger partial charge in [-0.15, -0.1) is 0 Å². The topological polar surface area (TPSA) is 84.7 Å². The second kappa shape index (κ2) is 7.64. The van der Waals surface area contributed by atoms with Crippen LogP contribution in [-0.2, 0) is 9.53 Å². The number of nitrogen functional groups attached to an aromatic ring is 1. The Balaban J connectivity index is 1.85. The Bertz CT molecular complexity index is 972. The minimum absolute atomic E-state index is 0.225. The van der Waals surface area contributed by atoms with Gasteiger partial charge in [0.25, 0.3) is 0 Å². The van der Waals surface area contributed by atoms with E-state index in [2.05, 4.69) is 34.3 Å². The van der Waals surface area contributed by atoms with Crippen LogP contribution in [0.25, 0.3) is 10.8 Å². The minimum atomic E-state index is -1.72. The predicted octanol–water partition coefficient (Wildman–Crippen LogP) is 4.99. The zero-order valence-electron chi connectivity index (χ0n) is 17.5. The highest BCUT2D eigenvalue weighted by Crippen LogP contribution is 2.33. The highest BCUT2D eigenvalue weighted by molar-refractivity contribution is 9.10. The molecule has 8 heteroatoms. The number of rotatable bonds is 2. The third-order valence-electron chi connectivity index (χ3n) is 4.93. The molecule has 0 radical (unpaired) electrons. The fourth-order valence-corrected chi connectivity index (χ4v) is 6.90. The van der Waals surface area contributed by atoms with E-state index in [9.17, 15) is 9.59 Å². The van der Waals surface area contributed by atoms with E-state index in [0.717, 1.165) is 15.2 Å². The van der Waals surface area contributed by atoms with E-state index in [1.165, 1.54) is 0 Å². The molecule has 3 rings (SSSR count). The number of fused-ring (bicyclic) bond motifs is 1. The van der Waals surface area contributed by atoms with Crippen LogP contribution in [0.15, 0.2) is 34.8 Å². The van der Waals surface area contributed by atoms with Crippen LogP contribution < -0.4 is 11.1 Å². The van der Waals surface area contributed by atoms with Crippen LogP contribution in [0.3, 0.4) is 0 Å². The van der Waals surface area contributed by atoms with Gasteiger partial charge in [0.1, 0.15) is 11.6 Å². The van der Waals surface area contributed by atoms with Crippen molar-refractivity contribution in [3.8, 4) is 0 Å². The number of amides is 2. The summed E-state index contributed by atoms with van der Waals surface area (Å²) < 4.78 is 6.50. The lowest BCUT2D eigenvalue weighted by Crippen LogP contribution is -2.45. The number of benzene rings is 2. The minimum Gasteiger partial charge on any atom is -0.444 e. The molecule has 1 heterocycles. The summed E-state index contributed by atoms with van der Waals surface area (Å²) in [5.74, 6) is -0.225. The van der Waals surface area contributed by atoms with Gasteiger partial charge in [-0.3, -0.25) is 9.69 Å². The zero-order valence-corrected chi connectivity index (χ0v) is 20.1. The number of nitrogens with two attached hydrogens (primary N) is 1. The van der Waals surface area contributed by atoms with Crippen LogP contribution >= 0.6 is 15.9 Å². The van der Waals surface area contributed by atoms with E-state index >= 15 is 0 Å². The molecule has 1 atom stereocenters. The van der Waals surface area contributed by atoms with Gasteiger partial charge in [-0.1, -0.05) is 41.2 Å². The number of carbonyl (C=O) groups is 2. The fourth-order valence-electron chi connectivity index (χ4n) is 3.67. The molecule has 0 unspecified atom stereocenters. The summed E-state index contributed by atoms with van der Waals surface area (Å²) in [5.41, 5.74) is 6.78. The van der Waals surface area contributed by atoms with Gasteiger partial charge >= 0.3 is 6.09 Å². The molecule has 1 fully saturated rings. The lowest BCUT2D eigenvalue weighted by Gasteiger charge is -2.28. The number of carbonyl (C=O) groups excluding carboxylic acids is 2. The largest absolute Gasteiger partial charge is 0.444 e. The quantitative estimate of drug-likeness (QED) is 0.471. The Morgan fingerprint density at radius 1 is 1.24 bits per heavy atom. The first-order valence-electron chi connectivity index (χ1n) is 9.64. The fraction of sp³-hybridized carbons (Fsp3) is 0.429. The highest BCUT2D eigenvalue weighted by Gasteiger charge is 2.46. The maximum atomic E-state index is 13.1. The molecule has 1 aliphatic heterocycles. The molecular weight excluding hydrogens is 450 g/mol. The van der Waals surface area contributed by atoms with Gasteiger partial charge in [0.15, 0.2) is 0 Å². The molecule has 6 nitrogen and oxygen atoms in total. The van der Waals surface area contributed by atoms with Crippen LogP contribution in [0.4, 0.5) is 16.2 Å². The maximum absolute atomic E-state index is 13.1. The maximum Gasteiger partial charge on any atom is 0.410 e. The van der Waals surface area contributed by atoms with Gasteiger partial charge < -0.3 is 15.8 Å². The van der Waals surface area contributed by atoms with Crippen molar-refractivity contribution in [1.29, 1.82) is 0 Å². The van der Waals surface area contributed by atoms with Crippen molar-refractivity contribution in [1.82, 2.24) is 4.90 Å². The molecule has 2 aromatic rings. The molecule has 0 spiro atoms. The van der Waals surface area contributed by atoms with Crippen molar-refractivity contribution in [2.75, 3.05) is 17.2 Å². The SMILES string of the molecule is CC(C)(C)OC(=O)N1C[Si](C)(C)C[C@H]1C(=O)Nc1ccc2cc(Br)ccc2c1N. The van der Waals surface area contributed by atoms with Crippen molar-refractivity contribution in [3.05, 3.63) is 34.8 Å². The predicted molar refractivity (Wildman–Crippen MR) is 124 cm³/mol. The molecule has 29 heavy (non-hydrogen) atoms. The van der Waals surface area contributed by atoms with Gasteiger partial charge in [-0.2, -0.15) is 0 Å². The lowest BCUT2D eigenvalue weighted by molar-refractivity contribution is -0.120. The van der Waals surface area contributed by atoms with Crippen LogP contribution in [-0.4, -0.2) is 42.8 Å². The third-order valence-corrected chi connectivity index (χ3v) is 8.11. The molecule has 0 saturated carbocycles. The van der Waals surface area contributed by atoms with E-state index in [0.29, 0.717) is 23.6 Å². The molecule has 1 aliphatic rings. The second-order valence-electron chi connectivity index (χ2n) is 9.37. The van der Waals surface area contributed by atoms with Gasteiger partial charge in [0.05, 0.1) is 19.4 Å². The lowest BCUT2D eigenvalue weighted by atomic mass is 10.1. The summed E-state index contributed by atoms with van der Waals surface area (Å²) in [6, 6.07) is 9.68. The van der Waals surface area contributed by atoms with Crippen molar-refractivity contribution in [2.24, 2.45) is 0 Å². The van der Waals surface area contributed by atoms with Crippen molar-refractivity contribution < 1.29 is 14.3 Å². The average Bonchev–Trinajstić information content (AvgIpc) is 2.92. The summed E-state index contributed by atoms with van der Waals surface area (Å²) >= 11 is 3.46. The monoisotopic (exact) mass is 477 g/mol. The summed E-state index contributed by atoms with van der Waals surface area (Å²) in [4.78, 5) is 27.4. The normalized spacial score (nSPS) is 18.7. The molecular formula is C21H28BrN3O3Si. The Morgan fingerprint density at radius 3 is 2.59 bits per heavy atom. The molecule has 3 N–H and O–H groups in total. The van der Waals surface area contributed by atoms with E-state index in [4.69, 9.17) is 10.5 Å². The molecule has 156 valence electrons. The van der Waals surface area contributed by atoms with Crippen LogP contribution in [0, 0.1) is 0 Å². The average molecular weight is 478 g/mol. The van der Waals surface area contributed by atoms with Crippen molar-refractivity contribution in [3.63, 3.8) is 0 Å². The third kappa shape index (κ3) is 4.92. The second-order valence-corrected chi connectivity index (χ2v) is 15.3. The Labute approximate surface area is 180 Å². The van der Waals surface area contributed by atoms with E-state index in [1.807, 2.05) is 45.0 Å². The van der Waals surface area contributed by atoms with E-state index in [1.54, 1.807) is 11.0 Å². The molecule has 0 bridgehead atoms. The first kappa shape index (κ1) is 21.6. The summed E-state index contributed by atoms with van der Waals surface area (Å²) in [6.45, 7) is 9.84. The van der Waals surface area contributed by atoms with Gasteiger partial charge in [0, 0.05) is 16.0 Å². The summed E-state index contributed by atoms with van der Waals surface area (Å²) in [7, 11) is -1.72. The molecule has 0 aromatic heterocycles. The summed E-state index contributed by atoms with van der Waals surface area (Å²) in [5, 5.41) is 4.80. The van der Waals surface area contributed by atoms with Gasteiger partial charge in [-0.05, 0) is 50.4 Å². The molecule has 2 aromatic carbocycles. The van der Waals surface area contributed by atoms with Crippen LogP contribution in [0.1, 0.15) is 20.8 Å². The Morgan fingerprint density at radius 2 is 1.93 bits per heavy atom. The van der Waals surface area contributed by atoms with E-state index in [-0.39, 0.29) is 5.91 Å². The Kier molecular flexibility index (Phi) is 5.70. The van der Waals surface area contributed by atoms with E-state index < -0.39 is 25.8 Å². The number of hydrogen-bond donors (Lipinski definition) is 2. The summed E-state index contributed by atoms with van der Waals surface area (Å²) in [6.07, 6.45) is 0.161. The van der Waals surface area contributed by atoms with Gasteiger partial charge in [-0.25, -0.2) is 4.79 Å². The van der Waals surface area contributed by atoms with Crippen LogP contribution in [0.5, 0.6) is 0 Å². The standard InChI is InChI=1S/C21H28BrN3O3Si/c1-21(2,3)28-20(27)25-12-29(4,5)11-17(25)19(26)24-16-9-6-13-10-14(22)7-8-15(13)18(16)23/h6-10,17H,11-12,23H2,1-5H3,(H,24,26)/t17-/m0/s1. The first-order valence-corrected chi connectivity index (χ1v) is 13.9. The highest BCUT2D eigenvalue weighted by atomic mass is 79.9. The van der Waals surface area contributed by atoms with Crippen LogP contribution in [0.2, 0.25) is 19.1 Å². The number of anilines is 2. The number of nitrogens with zero attached hydrogens (tertiary/aromatic N) is 1. The van der Waals surface area contributed by atoms with Crippen molar-refractivity contribution >= 4 is 58.2 Å². The number of nitrogens with one attached hydrogen (secondary N) is 1.